The number of carboxylic acid groups (broad SMARTS) is 1. The summed E-state index contributed by atoms with van der Waals surface area (Å²) in [6, 6.07) is 13.5. The minimum absolute atomic E-state index is 0.0108. The van der Waals surface area contributed by atoms with Crippen molar-refractivity contribution < 1.29 is 33.8 Å². The van der Waals surface area contributed by atoms with E-state index in [1.165, 1.54) is 4.90 Å². The largest absolute Gasteiger partial charge is 0.481 e. The van der Waals surface area contributed by atoms with Crippen molar-refractivity contribution in [3.63, 3.8) is 0 Å². The molecular weight excluding hydrogens is 620 g/mol. The summed E-state index contributed by atoms with van der Waals surface area (Å²) >= 11 is 10.5. The average Bonchev–Trinajstić information content (AvgIpc) is 3.47. The molecule has 1 aliphatic heterocycles. The highest BCUT2D eigenvalue weighted by atomic mass is 35.5. The van der Waals surface area contributed by atoms with Crippen LogP contribution in [0, 0.1) is 5.92 Å². The molecule has 45 heavy (non-hydrogen) atoms. The molecule has 11 nitrogen and oxygen atoms in total. The molecule has 1 heterocycles. The van der Waals surface area contributed by atoms with Gasteiger partial charge >= 0.3 is 12.1 Å². The molecule has 1 aliphatic rings. The monoisotopic (exact) mass is 660 g/mol. The van der Waals surface area contributed by atoms with Gasteiger partial charge in [0, 0.05) is 36.2 Å². The lowest BCUT2D eigenvalue weighted by atomic mass is 9.96. The van der Waals surface area contributed by atoms with Crippen LogP contribution < -0.4 is 16.0 Å². The lowest BCUT2D eigenvalue weighted by molar-refractivity contribution is -0.141. The maximum atomic E-state index is 13.9. The number of nitrogens with one attached hydrogen (secondary N) is 3. The fourth-order valence-corrected chi connectivity index (χ4v) is 5.54. The number of carbonyl (C=O) groups excluding carboxylic acids is 4. The molecule has 0 aliphatic carbocycles. The fourth-order valence-electron chi connectivity index (χ4n) is 5.05. The van der Waals surface area contributed by atoms with Crippen molar-refractivity contribution in [2.45, 2.75) is 63.6 Å². The number of carbonyl (C=O) groups is 5. The van der Waals surface area contributed by atoms with Crippen molar-refractivity contribution in [1.82, 2.24) is 20.9 Å². The number of ether oxygens (including phenoxy) is 1. The molecule has 2 aromatic carbocycles. The minimum atomic E-state index is -1.24. The molecule has 0 bridgehead atoms. The molecule has 4 N–H and O–H groups in total. The van der Waals surface area contributed by atoms with Crippen LogP contribution in [-0.4, -0.2) is 83.4 Å². The summed E-state index contributed by atoms with van der Waals surface area (Å²) in [5.41, 5.74) is 1.79. The summed E-state index contributed by atoms with van der Waals surface area (Å²) in [5.74, 6) is -2.88. The molecule has 0 spiro atoms. The van der Waals surface area contributed by atoms with Gasteiger partial charge in [0.25, 0.3) is 0 Å². The van der Waals surface area contributed by atoms with Gasteiger partial charge in [-0.15, -0.1) is 0 Å². The third kappa shape index (κ3) is 11.0. The van der Waals surface area contributed by atoms with Gasteiger partial charge in [-0.3, -0.25) is 19.2 Å². The van der Waals surface area contributed by atoms with Crippen molar-refractivity contribution in [3.05, 3.63) is 70.7 Å². The Kier molecular flexibility index (Phi) is 14.0. The summed E-state index contributed by atoms with van der Waals surface area (Å²) in [6.07, 6.45) is -0.677. The van der Waals surface area contributed by atoms with E-state index in [0.717, 1.165) is 11.1 Å². The predicted molar refractivity (Wildman–Crippen MR) is 173 cm³/mol. The number of benzene rings is 2. The van der Waals surface area contributed by atoms with Gasteiger partial charge in [-0.25, -0.2) is 4.79 Å². The standard InChI is InChI=1S/C32H41ClN4O7S/c1-20(2)18-44-32(43)36-25(12-13-28(38)39)31(42)37-17-23(21-8-4-3-5-9-21)16-27(37)30(41)35-26(19-45)29(40)34-15-14-22-10-6-7-11-24(22)33/h3-11,20,23,25-27,45H,12-19H2,1-2H3,(H,34,40)(H,35,41)(H,36,43)(H,38,39). The van der Waals surface area contributed by atoms with Crippen LogP contribution in [0.1, 0.15) is 50.2 Å². The van der Waals surface area contributed by atoms with Crippen molar-refractivity contribution >= 4 is 54.0 Å². The first-order valence-corrected chi connectivity index (χ1v) is 15.9. The van der Waals surface area contributed by atoms with Crippen molar-refractivity contribution in [2.24, 2.45) is 5.92 Å². The molecule has 244 valence electrons. The van der Waals surface area contributed by atoms with E-state index in [9.17, 15) is 29.1 Å². The van der Waals surface area contributed by atoms with Gasteiger partial charge in [0.05, 0.1) is 6.61 Å². The second-order valence-corrected chi connectivity index (χ2v) is 12.1. The van der Waals surface area contributed by atoms with Crippen molar-refractivity contribution in [2.75, 3.05) is 25.4 Å². The van der Waals surface area contributed by atoms with Crippen LogP contribution in [-0.2, 0) is 30.3 Å². The zero-order valence-corrected chi connectivity index (χ0v) is 27.1. The van der Waals surface area contributed by atoms with Crippen LogP contribution in [0.2, 0.25) is 5.02 Å². The molecule has 2 aromatic rings. The number of rotatable bonds is 15. The molecule has 4 unspecified atom stereocenters. The number of amides is 4. The van der Waals surface area contributed by atoms with Crippen LogP contribution in [0.5, 0.6) is 0 Å². The van der Waals surface area contributed by atoms with E-state index < -0.39 is 47.9 Å². The summed E-state index contributed by atoms with van der Waals surface area (Å²) in [6.45, 7) is 4.27. The molecular formula is C32H41ClN4O7S. The zero-order chi connectivity index (χ0) is 32.9. The second-order valence-electron chi connectivity index (χ2n) is 11.3. The Morgan fingerprint density at radius 3 is 2.36 bits per heavy atom. The predicted octanol–water partition coefficient (Wildman–Crippen LogP) is 3.41. The number of halogens is 1. The van der Waals surface area contributed by atoms with E-state index >= 15 is 0 Å². The molecule has 4 atom stereocenters. The number of carboxylic acids is 1. The molecule has 0 aromatic heterocycles. The number of alkyl carbamates (subject to hydrolysis) is 1. The number of nitrogens with zero attached hydrogens (tertiary/aromatic N) is 1. The highest BCUT2D eigenvalue weighted by molar-refractivity contribution is 7.80. The molecule has 3 rings (SSSR count). The molecule has 0 saturated carbocycles. The summed E-state index contributed by atoms with van der Waals surface area (Å²) < 4.78 is 5.17. The first kappa shape index (κ1) is 35.7. The molecule has 13 heteroatoms. The van der Waals surface area contributed by atoms with Gasteiger partial charge in [-0.1, -0.05) is 74.0 Å². The van der Waals surface area contributed by atoms with E-state index in [0.29, 0.717) is 11.4 Å². The van der Waals surface area contributed by atoms with Crippen LogP contribution in [0.4, 0.5) is 4.79 Å². The number of thiol groups is 1. The minimum Gasteiger partial charge on any atom is -0.481 e. The quantitative estimate of drug-likeness (QED) is 0.184. The van der Waals surface area contributed by atoms with E-state index in [1.807, 2.05) is 62.4 Å². The average molecular weight is 661 g/mol. The van der Waals surface area contributed by atoms with E-state index in [-0.39, 0.29) is 56.5 Å². The van der Waals surface area contributed by atoms with Crippen LogP contribution in [0.25, 0.3) is 0 Å². The summed E-state index contributed by atoms with van der Waals surface area (Å²) in [5, 5.41) is 17.9. The fraction of sp³-hybridized carbons (Fsp3) is 0.469. The maximum Gasteiger partial charge on any atom is 0.407 e. The number of likely N-dealkylation sites (tertiary alicyclic amines) is 1. The van der Waals surface area contributed by atoms with Gasteiger partial charge in [-0.2, -0.15) is 12.6 Å². The maximum absolute atomic E-state index is 13.9. The SMILES string of the molecule is CC(C)COC(=O)NC(CCC(=O)O)C(=O)N1CC(c2ccccc2)CC1C(=O)NC(CS)C(=O)NCCc1ccccc1Cl. The zero-order valence-electron chi connectivity index (χ0n) is 25.4. The van der Waals surface area contributed by atoms with Gasteiger partial charge in [-0.05, 0) is 42.4 Å². The van der Waals surface area contributed by atoms with Crippen molar-refractivity contribution in [1.29, 1.82) is 0 Å². The van der Waals surface area contributed by atoms with Crippen molar-refractivity contribution in [3.8, 4) is 0 Å². The Bertz CT molecular complexity index is 1330. The molecule has 4 amide bonds. The number of hydrogen-bond acceptors (Lipinski definition) is 7. The Hall–Kier alpha value is -3.77. The first-order valence-electron chi connectivity index (χ1n) is 14.9. The summed E-state index contributed by atoms with van der Waals surface area (Å²) in [4.78, 5) is 65.8. The highest BCUT2D eigenvalue weighted by Crippen LogP contribution is 2.33. The van der Waals surface area contributed by atoms with Gasteiger partial charge in [0.1, 0.15) is 18.1 Å². The van der Waals surface area contributed by atoms with E-state index in [4.69, 9.17) is 16.3 Å². The smallest absolute Gasteiger partial charge is 0.407 e. The van der Waals surface area contributed by atoms with E-state index in [1.54, 1.807) is 6.07 Å². The Morgan fingerprint density at radius 1 is 1.02 bits per heavy atom. The molecule has 1 fully saturated rings. The third-order valence-electron chi connectivity index (χ3n) is 7.41. The van der Waals surface area contributed by atoms with Crippen LogP contribution in [0.15, 0.2) is 54.6 Å². The normalized spacial score (nSPS) is 17.3. The summed E-state index contributed by atoms with van der Waals surface area (Å²) in [7, 11) is 0. The lowest BCUT2D eigenvalue weighted by Gasteiger charge is -2.29. The Labute approximate surface area is 273 Å². The topological polar surface area (TPSA) is 154 Å². The van der Waals surface area contributed by atoms with E-state index in [2.05, 4.69) is 28.6 Å². The lowest BCUT2D eigenvalue weighted by Crippen LogP contribution is -2.56. The Morgan fingerprint density at radius 2 is 1.71 bits per heavy atom. The van der Waals surface area contributed by atoms with Crippen LogP contribution in [0.3, 0.4) is 0 Å². The highest BCUT2D eigenvalue weighted by Gasteiger charge is 2.43. The second kappa shape index (κ2) is 17.6. The number of aliphatic carboxylic acids is 1. The van der Waals surface area contributed by atoms with Crippen LogP contribution >= 0.6 is 24.2 Å². The Balaban J connectivity index is 1.76. The third-order valence-corrected chi connectivity index (χ3v) is 8.14. The first-order chi connectivity index (χ1) is 21.5. The van der Waals surface area contributed by atoms with Gasteiger partial charge in [0.2, 0.25) is 17.7 Å². The molecule has 1 saturated heterocycles. The molecule has 0 radical (unpaired) electrons. The number of hydrogen-bond donors (Lipinski definition) is 5. The van der Waals surface area contributed by atoms with Gasteiger partial charge in [0.15, 0.2) is 0 Å². The van der Waals surface area contributed by atoms with Gasteiger partial charge < -0.3 is 30.7 Å².